The van der Waals surface area contributed by atoms with Crippen LogP contribution in [-0.2, 0) is 33.7 Å². The highest BCUT2D eigenvalue weighted by atomic mass is 16.7. The van der Waals surface area contributed by atoms with Crippen molar-refractivity contribution in [3.63, 3.8) is 0 Å². The molecule has 1 aliphatic heterocycles. The Morgan fingerprint density at radius 1 is 1.17 bits per heavy atom. The van der Waals surface area contributed by atoms with Crippen molar-refractivity contribution in [3.8, 4) is 22.9 Å². The first kappa shape index (κ1) is 40.2. The number of amides is 2. The van der Waals surface area contributed by atoms with Crippen LogP contribution in [0.5, 0.6) is 11.5 Å². The smallest absolute Gasteiger partial charge is 0.481 e. The van der Waals surface area contributed by atoms with Gasteiger partial charge in [0.15, 0.2) is 18.1 Å². The van der Waals surface area contributed by atoms with E-state index in [0.29, 0.717) is 55.7 Å². The molecule has 1 aliphatic carbocycles. The minimum Gasteiger partial charge on any atom is -0.481 e. The number of carboxylic acid groups (broad SMARTS) is 1. The normalized spacial score (nSPS) is 16.8. The molecule has 2 aromatic carbocycles. The second kappa shape index (κ2) is 19.3. The molecule has 1 saturated carbocycles. The van der Waals surface area contributed by atoms with Crippen molar-refractivity contribution < 1.29 is 38.4 Å². The maximum atomic E-state index is 12.3. The van der Waals surface area contributed by atoms with Gasteiger partial charge < -0.3 is 39.6 Å². The molecule has 0 bridgehead atoms. The van der Waals surface area contributed by atoms with Crippen molar-refractivity contribution in [2.24, 2.45) is 5.92 Å². The standard InChI is InChI=1S/C39H53N7O8/c1-5-20-46-43-36(42-44-46)30-12-6-9-28(24-30)17-23-51-31-13-7-10-27(25-31)11-8-18-40-19-22-45(37(48)49)21-16-29-14-15-32(53-38(50)54-39(2,3)4)34-35(29)52-26-33(47)41-34/h5-6,9,12,14-15,24,27,31,40H,1,7-8,10-11,13,16-23,25-26H2,2-4H3,(H,41,47)(H,48,49). The molecule has 54 heavy (non-hydrogen) atoms. The Bertz CT molecular complexity index is 1740. The lowest BCUT2D eigenvalue weighted by Gasteiger charge is -2.29. The number of aromatic nitrogens is 4. The lowest BCUT2D eigenvalue weighted by molar-refractivity contribution is -0.118. The van der Waals surface area contributed by atoms with Crippen molar-refractivity contribution in [2.45, 2.75) is 90.4 Å². The summed E-state index contributed by atoms with van der Waals surface area (Å²) >= 11 is 0. The Balaban J connectivity index is 0.996. The minimum absolute atomic E-state index is 0.0884. The van der Waals surface area contributed by atoms with Gasteiger partial charge in [-0.15, -0.1) is 16.8 Å². The van der Waals surface area contributed by atoms with E-state index in [1.807, 2.05) is 12.1 Å². The molecule has 2 heterocycles. The Kier molecular flexibility index (Phi) is 14.4. The summed E-state index contributed by atoms with van der Waals surface area (Å²) in [5.41, 5.74) is 2.26. The molecule has 2 amide bonds. The van der Waals surface area contributed by atoms with Gasteiger partial charge in [-0.1, -0.05) is 43.2 Å². The second-order valence-corrected chi connectivity index (χ2v) is 14.7. The van der Waals surface area contributed by atoms with E-state index in [1.165, 1.54) is 21.7 Å². The average Bonchev–Trinajstić information content (AvgIpc) is 3.60. The summed E-state index contributed by atoms with van der Waals surface area (Å²) < 4.78 is 22.6. The van der Waals surface area contributed by atoms with Gasteiger partial charge in [0.25, 0.3) is 5.91 Å². The number of fused-ring (bicyclic) bond motifs is 1. The highest BCUT2D eigenvalue weighted by molar-refractivity contribution is 5.98. The third-order valence-electron chi connectivity index (χ3n) is 9.25. The molecule has 5 rings (SSSR count). The number of ether oxygens (including phenoxy) is 4. The zero-order chi connectivity index (χ0) is 38.5. The summed E-state index contributed by atoms with van der Waals surface area (Å²) in [6, 6.07) is 11.4. The van der Waals surface area contributed by atoms with E-state index >= 15 is 0 Å². The van der Waals surface area contributed by atoms with Crippen molar-refractivity contribution >= 4 is 23.8 Å². The van der Waals surface area contributed by atoms with Crippen molar-refractivity contribution in [2.75, 3.05) is 44.7 Å². The SMILES string of the molecule is C=CCn1nnc(-c2cccc(CCOC3CCCC(CCCNCCN(CCc4ccc(OC(=O)OC(C)(C)C)c5c4OCC(=O)N5)C(=O)O)C3)c2)n1. The molecular formula is C39H53N7O8. The molecule has 2 atom stereocenters. The van der Waals surface area contributed by atoms with Gasteiger partial charge in [0.1, 0.15) is 11.3 Å². The maximum Gasteiger partial charge on any atom is 0.514 e. The zero-order valence-electron chi connectivity index (χ0n) is 31.6. The first-order valence-electron chi connectivity index (χ1n) is 18.7. The lowest BCUT2D eigenvalue weighted by atomic mass is 9.84. The molecule has 2 unspecified atom stereocenters. The van der Waals surface area contributed by atoms with E-state index in [-0.39, 0.29) is 36.6 Å². The Hall–Kier alpha value is -5.02. The zero-order valence-corrected chi connectivity index (χ0v) is 31.6. The molecule has 292 valence electrons. The number of nitrogens with zero attached hydrogens (tertiary/aromatic N) is 5. The van der Waals surface area contributed by atoms with Crippen molar-refractivity contribution in [3.05, 3.63) is 60.2 Å². The van der Waals surface area contributed by atoms with Crippen LogP contribution in [0.3, 0.4) is 0 Å². The lowest BCUT2D eigenvalue weighted by Crippen LogP contribution is -2.37. The van der Waals surface area contributed by atoms with Crippen LogP contribution in [0.2, 0.25) is 0 Å². The topological polar surface area (TPSA) is 179 Å². The molecule has 0 saturated heterocycles. The monoisotopic (exact) mass is 747 g/mol. The fraction of sp³-hybridized carbons (Fsp3) is 0.538. The van der Waals surface area contributed by atoms with Gasteiger partial charge in [0.05, 0.1) is 19.3 Å². The van der Waals surface area contributed by atoms with Gasteiger partial charge in [-0.2, -0.15) is 4.80 Å². The number of tetrazole rings is 1. The predicted octanol–water partition coefficient (Wildman–Crippen LogP) is 5.88. The molecule has 3 aromatic rings. The Morgan fingerprint density at radius 2 is 2.02 bits per heavy atom. The van der Waals surface area contributed by atoms with Crippen molar-refractivity contribution in [1.29, 1.82) is 0 Å². The number of hydrogen-bond acceptors (Lipinski definition) is 11. The molecule has 1 fully saturated rings. The summed E-state index contributed by atoms with van der Waals surface area (Å²) in [5.74, 6) is 1.26. The summed E-state index contributed by atoms with van der Waals surface area (Å²) in [4.78, 5) is 39.3. The van der Waals surface area contributed by atoms with Gasteiger partial charge in [-0.3, -0.25) is 4.79 Å². The maximum absolute atomic E-state index is 12.3. The predicted molar refractivity (Wildman–Crippen MR) is 202 cm³/mol. The number of rotatable bonds is 18. The molecule has 2 aliphatic rings. The van der Waals surface area contributed by atoms with Crippen LogP contribution < -0.4 is 20.1 Å². The van der Waals surface area contributed by atoms with E-state index < -0.39 is 17.8 Å². The number of benzene rings is 2. The molecule has 15 nitrogen and oxygen atoms in total. The molecule has 3 N–H and O–H groups in total. The summed E-state index contributed by atoms with van der Waals surface area (Å²) in [7, 11) is 0. The number of nitrogens with one attached hydrogen (secondary N) is 2. The molecule has 0 spiro atoms. The van der Waals surface area contributed by atoms with Crippen LogP contribution in [0.25, 0.3) is 11.4 Å². The first-order chi connectivity index (χ1) is 26.0. The summed E-state index contributed by atoms with van der Waals surface area (Å²) in [6.45, 7) is 11.7. The van der Waals surface area contributed by atoms with Gasteiger partial charge in [-0.05, 0) is 100 Å². The van der Waals surface area contributed by atoms with E-state index in [9.17, 15) is 19.5 Å². The van der Waals surface area contributed by atoms with Gasteiger partial charge in [-0.25, -0.2) is 9.59 Å². The highest BCUT2D eigenvalue weighted by Gasteiger charge is 2.27. The van der Waals surface area contributed by atoms with Gasteiger partial charge in [0, 0.05) is 25.2 Å². The van der Waals surface area contributed by atoms with Crippen LogP contribution >= 0.6 is 0 Å². The van der Waals surface area contributed by atoms with E-state index in [4.69, 9.17) is 18.9 Å². The van der Waals surface area contributed by atoms with Crippen molar-refractivity contribution in [1.82, 2.24) is 30.4 Å². The highest BCUT2D eigenvalue weighted by Crippen LogP contribution is 2.40. The third kappa shape index (κ3) is 12.3. The number of anilines is 1. The van der Waals surface area contributed by atoms with Crippen LogP contribution in [0.1, 0.15) is 70.4 Å². The molecule has 15 heteroatoms. The molecule has 1 aromatic heterocycles. The Labute approximate surface area is 316 Å². The average molecular weight is 748 g/mol. The number of carbonyl (C=O) groups is 3. The van der Waals surface area contributed by atoms with Crippen LogP contribution in [0, 0.1) is 5.92 Å². The Morgan fingerprint density at radius 3 is 2.81 bits per heavy atom. The largest absolute Gasteiger partial charge is 0.514 e. The van der Waals surface area contributed by atoms with Crippen LogP contribution in [0.15, 0.2) is 49.1 Å². The van der Waals surface area contributed by atoms with Gasteiger partial charge in [0.2, 0.25) is 5.82 Å². The summed E-state index contributed by atoms with van der Waals surface area (Å²) in [6.07, 6.45) is 7.87. The molecule has 0 radical (unpaired) electrons. The fourth-order valence-electron chi connectivity index (χ4n) is 6.68. The number of allylic oxidation sites excluding steroid dienone is 1. The van der Waals surface area contributed by atoms with Crippen LogP contribution in [-0.4, -0.2) is 99.5 Å². The quantitative estimate of drug-likeness (QED) is 0.0610. The van der Waals surface area contributed by atoms with E-state index in [2.05, 4.69) is 44.8 Å². The van der Waals surface area contributed by atoms with Crippen LogP contribution in [0.4, 0.5) is 15.3 Å². The van der Waals surface area contributed by atoms with E-state index in [1.54, 1.807) is 39.0 Å². The third-order valence-corrected chi connectivity index (χ3v) is 9.25. The van der Waals surface area contributed by atoms with Gasteiger partial charge >= 0.3 is 12.2 Å². The molecular weight excluding hydrogens is 694 g/mol. The minimum atomic E-state index is -1.02. The second-order valence-electron chi connectivity index (χ2n) is 14.7. The number of hydrogen-bond donors (Lipinski definition) is 3. The number of carbonyl (C=O) groups excluding carboxylic acids is 2. The first-order valence-corrected chi connectivity index (χ1v) is 18.7. The fourth-order valence-corrected chi connectivity index (χ4v) is 6.68. The summed E-state index contributed by atoms with van der Waals surface area (Å²) in [5, 5.41) is 28.6. The van der Waals surface area contributed by atoms with E-state index in [0.717, 1.165) is 50.6 Å².